The van der Waals surface area contributed by atoms with Crippen LogP contribution in [0.3, 0.4) is 0 Å². The molecule has 0 unspecified atom stereocenters. The van der Waals surface area contributed by atoms with Gasteiger partial charge in [-0.3, -0.25) is 25.0 Å². The Morgan fingerprint density at radius 1 is 0.676 bits per heavy atom. The molecule has 0 saturated carbocycles. The van der Waals surface area contributed by atoms with E-state index in [1.807, 2.05) is 0 Å². The van der Waals surface area contributed by atoms with Crippen molar-refractivity contribution in [1.82, 2.24) is 13.9 Å². The fourth-order valence-electron chi connectivity index (χ4n) is 3.79. The number of nitro benzene ring substituents is 2. The van der Waals surface area contributed by atoms with Crippen molar-refractivity contribution in [2.45, 2.75) is 22.6 Å². The Bertz CT molecular complexity index is 1290. The molecule has 16 heteroatoms. The highest BCUT2D eigenvalue weighted by atomic mass is 32.2. The maximum absolute atomic E-state index is 13.2. The molecular formula is C21H25N5O9S2. The van der Waals surface area contributed by atoms with Gasteiger partial charge in [0.2, 0.25) is 20.0 Å². The van der Waals surface area contributed by atoms with Crippen molar-refractivity contribution in [2.75, 3.05) is 39.3 Å². The maximum Gasteiger partial charge on any atom is 0.289 e. The number of hydrogen-bond donors (Lipinski definition) is 1. The van der Waals surface area contributed by atoms with Gasteiger partial charge in [-0.1, -0.05) is 24.3 Å². The molecular weight excluding hydrogens is 530 g/mol. The van der Waals surface area contributed by atoms with E-state index in [1.165, 1.54) is 24.3 Å². The molecule has 1 saturated heterocycles. The number of benzene rings is 2. The average Bonchev–Trinajstić information content (AvgIpc) is 2.85. The molecule has 37 heavy (non-hydrogen) atoms. The van der Waals surface area contributed by atoms with E-state index in [-0.39, 0.29) is 52.1 Å². The van der Waals surface area contributed by atoms with Crippen molar-refractivity contribution >= 4 is 37.2 Å². The van der Waals surface area contributed by atoms with Gasteiger partial charge in [0, 0.05) is 64.2 Å². The molecule has 1 N–H and O–H groups in total. The largest absolute Gasteiger partial charge is 0.314 e. The summed E-state index contributed by atoms with van der Waals surface area (Å²) in [4.78, 5) is 32.7. The molecule has 0 amide bonds. The van der Waals surface area contributed by atoms with E-state index in [2.05, 4.69) is 5.32 Å². The minimum atomic E-state index is -4.30. The summed E-state index contributed by atoms with van der Waals surface area (Å²) in [6, 6.07) is 9.86. The molecule has 200 valence electrons. The molecule has 14 nitrogen and oxygen atoms in total. The molecule has 0 aliphatic carbocycles. The quantitative estimate of drug-likeness (QED) is 0.399. The van der Waals surface area contributed by atoms with Crippen molar-refractivity contribution < 1.29 is 31.5 Å². The van der Waals surface area contributed by atoms with Crippen molar-refractivity contribution in [3.8, 4) is 0 Å². The summed E-state index contributed by atoms with van der Waals surface area (Å²) in [7, 11) is -8.61. The van der Waals surface area contributed by atoms with E-state index >= 15 is 0 Å². The fraction of sp³-hybridized carbons (Fsp3) is 0.381. The standard InChI is InChI=1S/C21H25N5O9S2/c27-17-9-13-23(36(32,33)20-7-3-1-5-18(20)25(28)29)15-11-22-12-16-24(14-10-17)37(34,35)21-8-4-2-6-19(21)26(30)31/h1-8,22H,9-16H2. The number of carbonyl (C=O) groups excluding carboxylic acids is 1. The van der Waals surface area contributed by atoms with E-state index in [4.69, 9.17) is 0 Å². The van der Waals surface area contributed by atoms with Gasteiger partial charge < -0.3 is 5.32 Å². The Balaban J connectivity index is 1.80. The molecule has 3 rings (SSSR count). The number of sulfonamides is 2. The van der Waals surface area contributed by atoms with Gasteiger partial charge in [-0.05, 0) is 12.1 Å². The molecule has 0 radical (unpaired) electrons. The first-order valence-corrected chi connectivity index (χ1v) is 14.0. The zero-order chi connectivity index (χ0) is 27.2. The summed E-state index contributed by atoms with van der Waals surface area (Å²) in [6.45, 7) is -0.643. The van der Waals surface area contributed by atoms with Gasteiger partial charge >= 0.3 is 0 Å². The second-order valence-electron chi connectivity index (χ2n) is 8.05. The predicted molar refractivity (Wildman–Crippen MR) is 131 cm³/mol. The van der Waals surface area contributed by atoms with Crippen LogP contribution in [0.5, 0.6) is 0 Å². The minimum Gasteiger partial charge on any atom is -0.314 e. The minimum absolute atomic E-state index is 0.0629. The third-order valence-corrected chi connectivity index (χ3v) is 9.61. The third kappa shape index (κ3) is 6.53. The molecule has 1 fully saturated rings. The maximum atomic E-state index is 13.2. The molecule has 0 spiro atoms. The van der Waals surface area contributed by atoms with Gasteiger partial charge in [0.15, 0.2) is 9.79 Å². The number of hydrogen-bond acceptors (Lipinski definition) is 10. The monoisotopic (exact) mass is 555 g/mol. The fourth-order valence-corrected chi connectivity index (χ4v) is 6.99. The lowest BCUT2D eigenvalue weighted by Gasteiger charge is -2.25. The summed E-state index contributed by atoms with van der Waals surface area (Å²) < 4.78 is 54.8. The number of Topliss-reactive ketones (excluding diaryl/α,β-unsaturated/α-hetero) is 1. The first kappa shape index (κ1) is 28.3. The number of nitrogens with one attached hydrogen (secondary N) is 1. The SMILES string of the molecule is O=C1CCN(S(=O)(=O)c2ccccc2[N+](=O)[O-])CCNCCN(S(=O)(=O)c2ccccc2[N+](=O)[O-])CC1. The normalized spacial score (nSPS) is 17.5. The van der Waals surface area contributed by atoms with Crippen molar-refractivity contribution in [1.29, 1.82) is 0 Å². The highest BCUT2D eigenvalue weighted by Gasteiger charge is 2.33. The topological polar surface area (TPSA) is 190 Å². The number of carbonyl (C=O) groups is 1. The number of rotatable bonds is 6. The Labute approximate surface area is 213 Å². The van der Waals surface area contributed by atoms with Gasteiger partial charge in [0.1, 0.15) is 5.78 Å². The zero-order valence-corrected chi connectivity index (χ0v) is 21.2. The lowest BCUT2D eigenvalue weighted by molar-refractivity contribution is -0.388. The van der Waals surface area contributed by atoms with Crippen LogP contribution in [0.4, 0.5) is 11.4 Å². The predicted octanol–water partition coefficient (Wildman–Crippen LogP) is 1.14. The second-order valence-corrected chi connectivity index (χ2v) is 11.9. The van der Waals surface area contributed by atoms with Crippen molar-refractivity contribution in [3.63, 3.8) is 0 Å². The van der Waals surface area contributed by atoms with Crippen LogP contribution in [-0.4, -0.2) is 80.3 Å². The highest BCUT2D eigenvalue weighted by molar-refractivity contribution is 7.89. The molecule has 0 bridgehead atoms. The van der Waals surface area contributed by atoms with Crippen LogP contribution in [0.15, 0.2) is 58.3 Å². The Hall–Kier alpha value is -3.31. The smallest absolute Gasteiger partial charge is 0.289 e. The average molecular weight is 556 g/mol. The van der Waals surface area contributed by atoms with E-state index in [1.54, 1.807) is 0 Å². The van der Waals surface area contributed by atoms with Crippen molar-refractivity contribution in [3.05, 3.63) is 68.8 Å². The number of nitrogens with zero attached hydrogens (tertiary/aromatic N) is 4. The van der Waals surface area contributed by atoms with Gasteiger partial charge in [0.25, 0.3) is 11.4 Å². The van der Waals surface area contributed by atoms with E-state index in [0.29, 0.717) is 0 Å². The lowest BCUT2D eigenvalue weighted by Crippen LogP contribution is -2.43. The van der Waals surface area contributed by atoms with Crippen LogP contribution in [0.25, 0.3) is 0 Å². The first-order chi connectivity index (χ1) is 17.5. The summed E-state index contributed by atoms with van der Waals surface area (Å²) >= 11 is 0. The second kappa shape index (κ2) is 11.8. The molecule has 2 aromatic carbocycles. The molecule has 1 aliphatic heterocycles. The van der Waals surface area contributed by atoms with Gasteiger partial charge in [-0.2, -0.15) is 8.61 Å². The lowest BCUT2D eigenvalue weighted by atomic mass is 10.2. The zero-order valence-electron chi connectivity index (χ0n) is 19.6. The summed E-state index contributed by atoms with van der Waals surface area (Å²) in [5.74, 6) is -0.431. The first-order valence-electron chi connectivity index (χ1n) is 11.2. The number of ketones is 1. The summed E-state index contributed by atoms with van der Waals surface area (Å²) in [5, 5.41) is 25.6. The van der Waals surface area contributed by atoms with Crippen LogP contribution in [0.1, 0.15) is 12.8 Å². The van der Waals surface area contributed by atoms with Crippen LogP contribution in [0, 0.1) is 20.2 Å². The Morgan fingerprint density at radius 3 is 1.43 bits per heavy atom. The highest BCUT2D eigenvalue weighted by Crippen LogP contribution is 2.28. The summed E-state index contributed by atoms with van der Waals surface area (Å²) in [5.41, 5.74) is -1.16. The van der Waals surface area contributed by atoms with Crippen LogP contribution >= 0.6 is 0 Å². The Kier molecular flexibility index (Phi) is 9.03. The van der Waals surface area contributed by atoms with Crippen LogP contribution in [-0.2, 0) is 24.8 Å². The van der Waals surface area contributed by atoms with Crippen molar-refractivity contribution in [2.24, 2.45) is 0 Å². The van der Waals surface area contributed by atoms with E-state index in [0.717, 1.165) is 32.9 Å². The van der Waals surface area contributed by atoms with E-state index in [9.17, 15) is 41.9 Å². The molecule has 1 aliphatic rings. The van der Waals surface area contributed by atoms with Gasteiger partial charge in [-0.25, -0.2) is 16.8 Å². The molecule has 1 heterocycles. The molecule has 2 aromatic rings. The van der Waals surface area contributed by atoms with Crippen LogP contribution in [0.2, 0.25) is 0 Å². The molecule has 0 atom stereocenters. The van der Waals surface area contributed by atoms with E-state index < -0.39 is 56.8 Å². The van der Waals surface area contributed by atoms with Crippen LogP contribution < -0.4 is 5.32 Å². The third-order valence-electron chi connectivity index (χ3n) is 5.72. The molecule has 0 aromatic heterocycles. The summed E-state index contributed by atoms with van der Waals surface area (Å²) in [6.07, 6.45) is -0.502. The van der Waals surface area contributed by atoms with Gasteiger partial charge in [-0.15, -0.1) is 0 Å². The number of para-hydroxylation sites is 2. The Morgan fingerprint density at radius 2 is 1.05 bits per heavy atom. The number of nitro groups is 2. The van der Waals surface area contributed by atoms with Gasteiger partial charge in [0.05, 0.1) is 9.85 Å².